The second kappa shape index (κ2) is 8.64. The van der Waals surface area contributed by atoms with Crippen molar-refractivity contribution in [2.24, 2.45) is 5.92 Å². The van der Waals surface area contributed by atoms with Crippen molar-refractivity contribution in [2.45, 2.75) is 26.7 Å². The summed E-state index contributed by atoms with van der Waals surface area (Å²) in [5.74, 6) is -0.159. The molecule has 0 aromatic heterocycles. The summed E-state index contributed by atoms with van der Waals surface area (Å²) < 4.78 is 0.826. The lowest BCUT2D eigenvalue weighted by Crippen LogP contribution is -2.21. The molecule has 0 fully saturated rings. The number of hydrogen-bond donors (Lipinski definition) is 2. The molecule has 0 atom stereocenters. The van der Waals surface area contributed by atoms with Gasteiger partial charge in [-0.1, -0.05) is 26.0 Å². The zero-order valence-electron chi connectivity index (χ0n) is 13.8. The number of para-hydroxylation sites is 1. The molecule has 4 nitrogen and oxygen atoms in total. The Kier molecular flexibility index (Phi) is 6.55. The zero-order valence-corrected chi connectivity index (χ0v) is 15.4. The van der Waals surface area contributed by atoms with Crippen LogP contribution in [0.1, 0.15) is 37.0 Å². The maximum absolute atomic E-state index is 12.3. The Labute approximate surface area is 150 Å². The minimum Gasteiger partial charge on any atom is -0.326 e. The van der Waals surface area contributed by atoms with Crippen molar-refractivity contribution < 1.29 is 9.59 Å². The highest BCUT2D eigenvalue weighted by molar-refractivity contribution is 9.10. The Balaban J connectivity index is 2.02. The van der Waals surface area contributed by atoms with Crippen molar-refractivity contribution in [1.29, 1.82) is 0 Å². The second-order valence-electron chi connectivity index (χ2n) is 5.51. The average Bonchev–Trinajstić information content (AvgIpc) is 2.58. The number of nitrogens with one attached hydrogen (secondary N) is 2. The van der Waals surface area contributed by atoms with Crippen molar-refractivity contribution in [1.82, 2.24) is 0 Å². The maximum atomic E-state index is 12.3. The lowest BCUT2D eigenvalue weighted by Gasteiger charge is -2.13. The predicted octanol–water partition coefficient (Wildman–Crippen LogP) is 5.08. The molecule has 0 bridgehead atoms. The molecule has 126 valence electrons. The molecule has 0 heterocycles. The van der Waals surface area contributed by atoms with Gasteiger partial charge in [-0.25, -0.2) is 0 Å². The van der Waals surface area contributed by atoms with Crippen molar-refractivity contribution in [3.8, 4) is 0 Å². The van der Waals surface area contributed by atoms with Crippen LogP contribution in [0.4, 0.5) is 11.4 Å². The van der Waals surface area contributed by atoms with E-state index in [1.54, 1.807) is 24.3 Å². The van der Waals surface area contributed by atoms with Crippen LogP contribution in [-0.4, -0.2) is 11.8 Å². The minimum atomic E-state index is -0.195. The van der Waals surface area contributed by atoms with Gasteiger partial charge in [-0.3, -0.25) is 9.59 Å². The largest absolute Gasteiger partial charge is 0.326 e. The first kappa shape index (κ1) is 18.2. The van der Waals surface area contributed by atoms with Crippen molar-refractivity contribution in [2.75, 3.05) is 10.6 Å². The fraction of sp³-hybridized carbons (Fsp3) is 0.263. The van der Waals surface area contributed by atoms with Gasteiger partial charge in [0.05, 0.1) is 5.69 Å². The molecule has 0 aliphatic carbocycles. The first-order valence-corrected chi connectivity index (χ1v) is 8.81. The molecule has 2 N–H and O–H groups in total. The number of halogens is 1. The monoisotopic (exact) mass is 388 g/mol. The van der Waals surface area contributed by atoms with E-state index in [4.69, 9.17) is 0 Å². The van der Waals surface area contributed by atoms with E-state index < -0.39 is 0 Å². The fourth-order valence-corrected chi connectivity index (χ4v) is 2.75. The Hall–Kier alpha value is -2.14. The Bertz CT molecular complexity index is 710. The lowest BCUT2D eigenvalue weighted by atomic mass is 10.0. The zero-order chi connectivity index (χ0) is 17.5. The molecule has 0 saturated carbocycles. The number of rotatable bonds is 6. The van der Waals surface area contributed by atoms with Gasteiger partial charge in [-0.15, -0.1) is 0 Å². The summed E-state index contributed by atoms with van der Waals surface area (Å²) in [4.78, 5) is 24.4. The quantitative estimate of drug-likeness (QED) is 0.724. The maximum Gasteiger partial charge on any atom is 0.255 e. The summed E-state index contributed by atoms with van der Waals surface area (Å²) in [7, 11) is 0. The molecule has 2 amide bonds. The second-order valence-corrected chi connectivity index (χ2v) is 6.37. The van der Waals surface area contributed by atoms with Gasteiger partial charge < -0.3 is 10.6 Å². The molecule has 24 heavy (non-hydrogen) atoms. The van der Waals surface area contributed by atoms with Crippen LogP contribution in [0.3, 0.4) is 0 Å². The fourth-order valence-electron chi connectivity index (χ4n) is 2.37. The molecule has 5 heteroatoms. The molecular weight excluding hydrogens is 368 g/mol. The van der Waals surface area contributed by atoms with Gasteiger partial charge in [0.15, 0.2) is 0 Å². The molecule has 0 spiro atoms. The van der Waals surface area contributed by atoms with Crippen LogP contribution in [0.2, 0.25) is 0 Å². The summed E-state index contributed by atoms with van der Waals surface area (Å²) in [5.41, 5.74) is 1.95. The number of anilines is 2. The van der Waals surface area contributed by atoms with E-state index in [0.29, 0.717) is 16.9 Å². The SMILES string of the molecule is CCC(CC)C(=O)Nc1ccc(C(=O)Nc2ccccc2Br)cc1. The average molecular weight is 389 g/mol. The molecule has 0 radical (unpaired) electrons. The molecule has 0 saturated heterocycles. The first-order valence-electron chi connectivity index (χ1n) is 8.02. The van der Waals surface area contributed by atoms with Gasteiger partial charge in [0.2, 0.25) is 5.91 Å². The number of carbonyl (C=O) groups is 2. The number of hydrogen-bond acceptors (Lipinski definition) is 2. The van der Waals surface area contributed by atoms with E-state index in [2.05, 4.69) is 26.6 Å². The van der Waals surface area contributed by atoms with Crippen LogP contribution in [0.25, 0.3) is 0 Å². The highest BCUT2D eigenvalue weighted by Crippen LogP contribution is 2.22. The van der Waals surface area contributed by atoms with Crippen LogP contribution in [0, 0.1) is 5.92 Å². The van der Waals surface area contributed by atoms with Gasteiger partial charge >= 0.3 is 0 Å². The van der Waals surface area contributed by atoms with E-state index in [1.165, 1.54) is 0 Å². The molecule has 2 rings (SSSR count). The van der Waals surface area contributed by atoms with Gasteiger partial charge in [0, 0.05) is 21.6 Å². The van der Waals surface area contributed by atoms with Crippen LogP contribution in [-0.2, 0) is 4.79 Å². The lowest BCUT2D eigenvalue weighted by molar-refractivity contribution is -0.120. The van der Waals surface area contributed by atoms with Crippen LogP contribution in [0.15, 0.2) is 53.0 Å². The van der Waals surface area contributed by atoms with Gasteiger partial charge in [-0.2, -0.15) is 0 Å². The summed E-state index contributed by atoms with van der Waals surface area (Å²) >= 11 is 3.40. The van der Waals surface area contributed by atoms with E-state index in [0.717, 1.165) is 17.3 Å². The number of benzene rings is 2. The van der Waals surface area contributed by atoms with Crippen molar-refractivity contribution in [3.05, 3.63) is 58.6 Å². The molecule has 0 unspecified atom stereocenters. The molecule has 2 aromatic carbocycles. The molecule has 2 aromatic rings. The molecule has 0 aliphatic rings. The highest BCUT2D eigenvalue weighted by atomic mass is 79.9. The Morgan fingerprint density at radius 2 is 1.58 bits per heavy atom. The minimum absolute atomic E-state index is 0.0170. The summed E-state index contributed by atoms with van der Waals surface area (Å²) in [6, 6.07) is 14.3. The topological polar surface area (TPSA) is 58.2 Å². The number of amides is 2. The highest BCUT2D eigenvalue weighted by Gasteiger charge is 2.14. The smallest absolute Gasteiger partial charge is 0.255 e. The standard InChI is InChI=1S/C19H21BrN2O2/c1-3-13(4-2)18(23)21-15-11-9-14(10-12-15)19(24)22-17-8-6-5-7-16(17)20/h5-13H,3-4H2,1-2H3,(H,21,23)(H,22,24). The molecule has 0 aliphatic heterocycles. The first-order chi connectivity index (χ1) is 11.5. The summed E-state index contributed by atoms with van der Waals surface area (Å²) in [5, 5.41) is 5.74. The predicted molar refractivity (Wildman–Crippen MR) is 101 cm³/mol. The third-order valence-corrected chi connectivity index (χ3v) is 4.58. The van der Waals surface area contributed by atoms with E-state index >= 15 is 0 Å². The van der Waals surface area contributed by atoms with E-state index in [1.807, 2.05) is 38.1 Å². The van der Waals surface area contributed by atoms with Gasteiger partial charge in [0.1, 0.15) is 0 Å². The van der Waals surface area contributed by atoms with E-state index in [-0.39, 0.29) is 17.7 Å². The van der Waals surface area contributed by atoms with Crippen LogP contribution >= 0.6 is 15.9 Å². The number of carbonyl (C=O) groups excluding carboxylic acids is 2. The van der Waals surface area contributed by atoms with Gasteiger partial charge in [-0.05, 0) is 65.2 Å². The molecular formula is C19H21BrN2O2. The Morgan fingerprint density at radius 1 is 0.958 bits per heavy atom. The summed E-state index contributed by atoms with van der Waals surface area (Å²) in [6.45, 7) is 4.01. The third-order valence-electron chi connectivity index (χ3n) is 3.89. The van der Waals surface area contributed by atoms with Crippen molar-refractivity contribution in [3.63, 3.8) is 0 Å². The van der Waals surface area contributed by atoms with E-state index in [9.17, 15) is 9.59 Å². The van der Waals surface area contributed by atoms with Crippen LogP contribution in [0.5, 0.6) is 0 Å². The summed E-state index contributed by atoms with van der Waals surface area (Å²) in [6.07, 6.45) is 1.63. The van der Waals surface area contributed by atoms with Crippen molar-refractivity contribution >= 4 is 39.1 Å². The third kappa shape index (κ3) is 4.68. The Morgan fingerprint density at radius 3 is 2.17 bits per heavy atom. The van der Waals surface area contributed by atoms with Gasteiger partial charge in [0.25, 0.3) is 5.91 Å². The normalized spacial score (nSPS) is 10.5. The van der Waals surface area contributed by atoms with Crippen LogP contribution < -0.4 is 10.6 Å².